The monoisotopic (exact) mass is 567 g/mol. The number of alkyl carbamates (subject to hydrolysis) is 1. The fraction of sp³-hybridized carbons (Fsp3) is 0.484. The molecule has 0 saturated carbocycles. The summed E-state index contributed by atoms with van der Waals surface area (Å²) in [6.07, 6.45) is 1.71. The molecule has 3 rings (SSSR count). The van der Waals surface area contributed by atoms with Crippen molar-refractivity contribution in [2.75, 3.05) is 38.7 Å². The highest BCUT2D eigenvalue weighted by Crippen LogP contribution is 2.47. The minimum Gasteiger partial charge on any atom is -0.449 e. The maximum absolute atomic E-state index is 13.3. The topological polar surface area (TPSA) is 143 Å². The Labute approximate surface area is 241 Å². The Bertz CT molecular complexity index is 1230. The van der Waals surface area contributed by atoms with Crippen molar-refractivity contribution in [2.45, 2.75) is 64.4 Å². The van der Waals surface area contributed by atoms with Crippen LogP contribution in [0.2, 0.25) is 0 Å². The number of ether oxygens (including phenoxy) is 2. The van der Waals surface area contributed by atoms with Crippen molar-refractivity contribution in [2.24, 2.45) is 0 Å². The van der Waals surface area contributed by atoms with Crippen LogP contribution in [0.3, 0.4) is 0 Å². The SMILES string of the molecule is CCNC(=O)CCCC(=O)Nc1ccc2c(c1)C(COC(=O)NC)c1cccc(C(=O)CCCOC(C)CCO)c1-2. The molecule has 0 heterocycles. The molecule has 1 aliphatic rings. The summed E-state index contributed by atoms with van der Waals surface area (Å²) in [6.45, 7) is 4.85. The number of hydrogen-bond donors (Lipinski definition) is 4. The average molecular weight is 568 g/mol. The third-order valence-corrected chi connectivity index (χ3v) is 7.01. The second-order valence-electron chi connectivity index (χ2n) is 10.0. The number of aliphatic hydroxyl groups is 1. The van der Waals surface area contributed by atoms with E-state index in [1.807, 2.05) is 44.2 Å². The van der Waals surface area contributed by atoms with Gasteiger partial charge in [-0.3, -0.25) is 14.4 Å². The quantitative estimate of drug-likeness (QED) is 0.176. The first-order valence-electron chi connectivity index (χ1n) is 14.2. The molecule has 222 valence electrons. The van der Waals surface area contributed by atoms with Crippen LogP contribution >= 0.6 is 0 Å². The molecule has 0 saturated heterocycles. The van der Waals surface area contributed by atoms with E-state index >= 15 is 0 Å². The van der Waals surface area contributed by atoms with E-state index in [9.17, 15) is 19.2 Å². The number of hydrogen-bond acceptors (Lipinski definition) is 7. The molecule has 10 nitrogen and oxygen atoms in total. The Morgan fingerprint density at radius 2 is 1.78 bits per heavy atom. The lowest BCUT2D eigenvalue weighted by Gasteiger charge is -2.15. The molecule has 0 spiro atoms. The van der Waals surface area contributed by atoms with E-state index in [-0.39, 0.29) is 55.7 Å². The Balaban J connectivity index is 1.79. The van der Waals surface area contributed by atoms with Crippen LogP contribution < -0.4 is 16.0 Å². The smallest absolute Gasteiger partial charge is 0.406 e. The van der Waals surface area contributed by atoms with Gasteiger partial charge in [-0.15, -0.1) is 0 Å². The number of rotatable bonds is 16. The molecule has 2 unspecified atom stereocenters. The van der Waals surface area contributed by atoms with Gasteiger partial charge < -0.3 is 30.5 Å². The number of carbonyl (C=O) groups excluding carboxylic acids is 4. The molecule has 4 N–H and O–H groups in total. The van der Waals surface area contributed by atoms with Crippen LogP contribution in [0.4, 0.5) is 10.5 Å². The summed E-state index contributed by atoms with van der Waals surface area (Å²) in [7, 11) is 1.49. The lowest BCUT2D eigenvalue weighted by molar-refractivity contribution is -0.121. The summed E-state index contributed by atoms with van der Waals surface area (Å²) in [4.78, 5) is 49.5. The molecule has 0 aromatic heterocycles. The summed E-state index contributed by atoms with van der Waals surface area (Å²) >= 11 is 0. The Morgan fingerprint density at radius 1 is 1.00 bits per heavy atom. The summed E-state index contributed by atoms with van der Waals surface area (Å²) in [5.74, 6) is -0.608. The fourth-order valence-electron chi connectivity index (χ4n) is 4.96. The number of fused-ring (bicyclic) bond motifs is 3. The van der Waals surface area contributed by atoms with Crippen LogP contribution in [0, 0.1) is 0 Å². The van der Waals surface area contributed by atoms with Crippen molar-refractivity contribution in [3.05, 3.63) is 53.1 Å². The van der Waals surface area contributed by atoms with Crippen molar-refractivity contribution < 1.29 is 33.8 Å². The molecule has 2 aromatic carbocycles. The zero-order valence-corrected chi connectivity index (χ0v) is 24.1. The highest BCUT2D eigenvalue weighted by molar-refractivity contribution is 6.05. The predicted molar refractivity (Wildman–Crippen MR) is 156 cm³/mol. The van der Waals surface area contributed by atoms with Gasteiger partial charge in [0, 0.05) is 63.2 Å². The van der Waals surface area contributed by atoms with Gasteiger partial charge in [0.2, 0.25) is 11.8 Å². The number of aliphatic hydroxyl groups excluding tert-OH is 1. The van der Waals surface area contributed by atoms with Crippen LogP contribution in [0.5, 0.6) is 0 Å². The standard InChI is InChI=1S/C31H41N3O7/c1-4-33-28(37)11-6-12-29(38)34-21-13-14-23-25(18-21)26(19-41-31(39)32-3)22-8-5-9-24(30(22)23)27(36)10-7-17-40-20(2)15-16-35/h5,8-9,13-14,18,20,26,35H,4,6-7,10-12,15-17,19H2,1-3H3,(H,32,39)(H,33,37)(H,34,38). The normalized spacial score (nSPS) is 14.0. The van der Waals surface area contributed by atoms with Gasteiger partial charge in [-0.05, 0) is 67.5 Å². The zero-order chi connectivity index (χ0) is 29.8. The molecule has 41 heavy (non-hydrogen) atoms. The van der Waals surface area contributed by atoms with Gasteiger partial charge in [0.25, 0.3) is 0 Å². The van der Waals surface area contributed by atoms with E-state index < -0.39 is 6.09 Å². The first-order chi connectivity index (χ1) is 19.8. The first kappa shape index (κ1) is 31.8. The van der Waals surface area contributed by atoms with Gasteiger partial charge in [-0.1, -0.05) is 24.3 Å². The maximum atomic E-state index is 13.3. The Kier molecular flexibility index (Phi) is 12.3. The number of benzene rings is 2. The van der Waals surface area contributed by atoms with Crippen molar-refractivity contribution in [3.63, 3.8) is 0 Å². The van der Waals surface area contributed by atoms with Crippen LogP contribution in [0.1, 0.15) is 79.8 Å². The second kappa shape index (κ2) is 15.9. The van der Waals surface area contributed by atoms with E-state index in [1.54, 1.807) is 6.07 Å². The van der Waals surface area contributed by atoms with Crippen LogP contribution in [0.15, 0.2) is 36.4 Å². The molecule has 0 radical (unpaired) electrons. The largest absolute Gasteiger partial charge is 0.449 e. The first-order valence-corrected chi connectivity index (χ1v) is 14.2. The van der Waals surface area contributed by atoms with Gasteiger partial charge in [-0.25, -0.2) is 4.79 Å². The number of amides is 3. The van der Waals surface area contributed by atoms with Gasteiger partial charge in [0.15, 0.2) is 5.78 Å². The van der Waals surface area contributed by atoms with Crippen molar-refractivity contribution in [3.8, 4) is 11.1 Å². The van der Waals surface area contributed by atoms with E-state index in [0.29, 0.717) is 50.1 Å². The number of ketones is 1. The van der Waals surface area contributed by atoms with Gasteiger partial charge in [0.05, 0.1) is 6.10 Å². The van der Waals surface area contributed by atoms with E-state index in [2.05, 4.69) is 16.0 Å². The number of nitrogens with one attached hydrogen (secondary N) is 3. The summed E-state index contributed by atoms with van der Waals surface area (Å²) in [6, 6.07) is 11.1. The lowest BCUT2D eigenvalue weighted by atomic mass is 9.93. The molecule has 2 atom stereocenters. The van der Waals surface area contributed by atoms with E-state index in [0.717, 1.165) is 22.3 Å². The van der Waals surface area contributed by atoms with Crippen molar-refractivity contribution in [1.82, 2.24) is 10.6 Å². The Hall–Kier alpha value is -3.76. The van der Waals surface area contributed by atoms with Crippen molar-refractivity contribution >= 4 is 29.4 Å². The number of carbonyl (C=O) groups is 4. The molecule has 3 amide bonds. The molecule has 0 fully saturated rings. The Morgan fingerprint density at radius 3 is 2.51 bits per heavy atom. The van der Waals surface area contributed by atoms with Crippen LogP contribution in [0.25, 0.3) is 11.1 Å². The van der Waals surface area contributed by atoms with Gasteiger partial charge in [0.1, 0.15) is 6.61 Å². The van der Waals surface area contributed by atoms with E-state index in [1.165, 1.54) is 7.05 Å². The summed E-state index contributed by atoms with van der Waals surface area (Å²) in [5, 5.41) is 17.1. The van der Waals surface area contributed by atoms with Crippen LogP contribution in [-0.2, 0) is 19.1 Å². The number of anilines is 1. The second-order valence-corrected chi connectivity index (χ2v) is 10.0. The molecular weight excluding hydrogens is 526 g/mol. The van der Waals surface area contributed by atoms with Crippen LogP contribution in [-0.4, -0.2) is 68.3 Å². The highest BCUT2D eigenvalue weighted by Gasteiger charge is 2.33. The minimum atomic E-state index is -0.556. The lowest BCUT2D eigenvalue weighted by Crippen LogP contribution is -2.22. The van der Waals surface area contributed by atoms with Gasteiger partial charge >= 0.3 is 6.09 Å². The molecule has 2 aromatic rings. The van der Waals surface area contributed by atoms with Gasteiger partial charge in [-0.2, -0.15) is 0 Å². The molecule has 1 aliphatic carbocycles. The molecule has 0 aliphatic heterocycles. The maximum Gasteiger partial charge on any atom is 0.406 e. The molecule has 0 bridgehead atoms. The molecule has 10 heteroatoms. The third-order valence-electron chi connectivity index (χ3n) is 7.01. The fourth-order valence-corrected chi connectivity index (χ4v) is 4.96. The minimum absolute atomic E-state index is 0.0106. The van der Waals surface area contributed by atoms with E-state index in [4.69, 9.17) is 14.6 Å². The zero-order valence-electron chi connectivity index (χ0n) is 24.1. The number of Topliss-reactive ketones (excluding diaryl/α,β-unsaturated/α-hetero) is 1. The summed E-state index contributed by atoms with van der Waals surface area (Å²) < 4.78 is 11.1. The summed E-state index contributed by atoms with van der Waals surface area (Å²) in [5.41, 5.74) is 4.59. The molecular formula is C31H41N3O7. The average Bonchev–Trinajstić information content (AvgIpc) is 3.27. The van der Waals surface area contributed by atoms with Crippen molar-refractivity contribution in [1.29, 1.82) is 0 Å². The predicted octanol–water partition coefficient (Wildman–Crippen LogP) is 4.15. The highest BCUT2D eigenvalue weighted by atomic mass is 16.5. The third kappa shape index (κ3) is 8.86.